The Morgan fingerprint density at radius 2 is 2.11 bits per heavy atom. The van der Waals surface area contributed by atoms with Crippen LogP contribution in [0.15, 0.2) is 18.2 Å². The predicted molar refractivity (Wildman–Crippen MR) is 69.6 cm³/mol. The molecule has 0 bridgehead atoms. The zero-order valence-corrected chi connectivity index (χ0v) is 10.6. The lowest BCUT2D eigenvalue weighted by Crippen LogP contribution is -2.11. The van der Waals surface area contributed by atoms with E-state index in [2.05, 4.69) is 15.5 Å². The Morgan fingerprint density at radius 1 is 1.32 bits per heavy atom. The summed E-state index contributed by atoms with van der Waals surface area (Å²) in [6.07, 6.45) is 4.95. The molecule has 1 aliphatic rings. The van der Waals surface area contributed by atoms with Gasteiger partial charge in [-0.25, -0.2) is 9.07 Å². The van der Waals surface area contributed by atoms with Gasteiger partial charge in [0, 0.05) is 17.8 Å². The van der Waals surface area contributed by atoms with Crippen LogP contribution in [-0.2, 0) is 6.54 Å². The lowest BCUT2D eigenvalue weighted by Gasteiger charge is -2.11. The number of nitrogens with two attached hydrogens (primary N) is 1. The van der Waals surface area contributed by atoms with Crippen molar-refractivity contribution in [3.05, 3.63) is 24.0 Å². The van der Waals surface area contributed by atoms with E-state index in [1.165, 1.54) is 37.8 Å². The van der Waals surface area contributed by atoms with Crippen molar-refractivity contribution in [1.29, 1.82) is 0 Å². The van der Waals surface area contributed by atoms with Crippen molar-refractivity contribution in [1.82, 2.24) is 20.2 Å². The van der Waals surface area contributed by atoms with E-state index in [0.29, 0.717) is 23.0 Å². The molecule has 1 aromatic carbocycles. The summed E-state index contributed by atoms with van der Waals surface area (Å²) >= 11 is 0. The van der Waals surface area contributed by atoms with Crippen molar-refractivity contribution in [3.8, 4) is 11.4 Å². The van der Waals surface area contributed by atoms with E-state index in [1.807, 2.05) is 0 Å². The average molecular weight is 261 g/mol. The molecule has 1 aromatic heterocycles. The maximum Gasteiger partial charge on any atom is 0.184 e. The molecule has 0 saturated heterocycles. The molecule has 1 fully saturated rings. The van der Waals surface area contributed by atoms with Crippen LogP contribution in [0.2, 0.25) is 0 Å². The molecule has 1 heterocycles. The lowest BCUT2D eigenvalue weighted by atomic mass is 10.1. The average Bonchev–Trinajstić information content (AvgIpc) is 3.04. The first-order chi connectivity index (χ1) is 9.24. The van der Waals surface area contributed by atoms with Crippen molar-refractivity contribution in [2.75, 3.05) is 5.73 Å². The molecular formula is C13H16FN5. The minimum absolute atomic E-state index is 0.334. The molecule has 1 saturated carbocycles. The topological polar surface area (TPSA) is 69.6 Å². The van der Waals surface area contributed by atoms with E-state index in [4.69, 9.17) is 5.73 Å². The van der Waals surface area contributed by atoms with Gasteiger partial charge in [-0.15, -0.1) is 5.10 Å². The van der Waals surface area contributed by atoms with Crippen molar-refractivity contribution in [2.45, 2.75) is 32.2 Å². The van der Waals surface area contributed by atoms with Gasteiger partial charge in [0.2, 0.25) is 0 Å². The number of aromatic nitrogens is 4. The third-order valence-corrected chi connectivity index (χ3v) is 3.69. The first-order valence-corrected chi connectivity index (χ1v) is 6.55. The third kappa shape index (κ3) is 2.43. The van der Waals surface area contributed by atoms with Crippen molar-refractivity contribution in [3.63, 3.8) is 0 Å². The molecular weight excluding hydrogens is 245 g/mol. The number of anilines is 1. The SMILES string of the molecule is Nc1ccc(F)cc1-c1nnnn1CC1CCCC1. The Labute approximate surface area is 110 Å². The zero-order chi connectivity index (χ0) is 13.2. The summed E-state index contributed by atoms with van der Waals surface area (Å²) in [6, 6.07) is 4.26. The number of hydrogen-bond donors (Lipinski definition) is 1. The maximum absolute atomic E-state index is 13.3. The maximum atomic E-state index is 13.3. The van der Waals surface area contributed by atoms with Crippen LogP contribution >= 0.6 is 0 Å². The second-order valence-corrected chi connectivity index (χ2v) is 5.07. The van der Waals surface area contributed by atoms with Crippen LogP contribution in [-0.4, -0.2) is 20.2 Å². The Morgan fingerprint density at radius 3 is 2.89 bits per heavy atom. The highest BCUT2D eigenvalue weighted by molar-refractivity contribution is 5.71. The summed E-state index contributed by atoms with van der Waals surface area (Å²) in [4.78, 5) is 0. The number of benzene rings is 1. The van der Waals surface area contributed by atoms with Gasteiger partial charge in [0.1, 0.15) is 5.82 Å². The Balaban J connectivity index is 1.92. The van der Waals surface area contributed by atoms with E-state index < -0.39 is 0 Å². The van der Waals surface area contributed by atoms with Crippen LogP contribution in [0.1, 0.15) is 25.7 Å². The molecule has 1 aliphatic carbocycles. The van der Waals surface area contributed by atoms with Gasteiger partial charge in [-0.3, -0.25) is 0 Å². The number of rotatable bonds is 3. The molecule has 0 atom stereocenters. The summed E-state index contributed by atoms with van der Waals surface area (Å²) in [5.74, 6) is 0.820. The normalized spacial score (nSPS) is 16.1. The highest BCUT2D eigenvalue weighted by atomic mass is 19.1. The number of tetrazole rings is 1. The smallest absolute Gasteiger partial charge is 0.184 e. The summed E-state index contributed by atoms with van der Waals surface area (Å²) in [5.41, 5.74) is 6.93. The van der Waals surface area contributed by atoms with Crippen LogP contribution in [0.5, 0.6) is 0 Å². The number of nitrogens with zero attached hydrogens (tertiary/aromatic N) is 4. The molecule has 5 nitrogen and oxygen atoms in total. The minimum Gasteiger partial charge on any atom is -0.398 e. The van der Waals surface area contributed by atoms with Gasteiger partial charge in [-0.05, 0) is 47.4 Å². The van der Waals surface area contributed by atoms with Gasteiger partial charge >= 0.3 is 0 Å². The number of hydrogen-bond acceptors (Lipinski definition) is 4. The molecule has 0 aliphatic heterocycles. The summed E-state index contributed by atoms with van der Waals surface area (Å²) < 4.78 is 15.1. The van der Waals surface area contributed by atoms with E-state index in [-0.39, 0.29) is 5.82 Å². The molecule has 0 spiro atoms. The number of nitrogen functional groups attached to an aromatic ring is 1. The summed E-state index contributed by atoms with van der Waals surface area (Å²) in [7, 11) is 0. The minimum atomic E-state index is -0.334. The fourth-order valence-electron chi connectivity index (χ4n) is 2.68. The zero-order valence-electron chi connectivity index (χ0n) is 10.6. The largest absolute Gasteiger partial charge is 0.398 e. The van der Waals surface area contributed by atoms with Crippen molar-refractivity contribution < 1.29 is 4.39 Å². The molecule has 100 valence electrons. The summed E-state index contributed by atoms with van der Waals surface area (Å²) in [6.45, 7) is 0.776. The Kier molecular flexibility index (Phi) is 3.15. The van der Waals surface area contributed by atoms with Gasteiger partial charge in [0.15, 0.2) is 5.82 Å². The molecule has 6 heteroatoms. The third-order valence-electron chi connectivity index (χ3n) is 3.69. The second-order valence-electron chi connectivity index (χ2n) is 5.07. The molecule has 19 heavy (non-hydrogen) atoms. The van der Waals surface area contributed by atoms with Crippen LogP contribution < -0.4 is 5.73 Å². The Hall–Kier alpha value is -1.98. The molecule has 2 N–H and O–H groups in total. The summed E-state index contributed by atoms with van der Waals surface area (Å²) in [5, 5.41) is 11.7. The first kappa shape index (κ1) is 12.1. The lowest BCUT2D eigenvalue weighted by molar-refractivity contribution is 0.424. The molecule has 0 radical (unpaired) electrons. The molecule has 3 rings (SSSR count). The highest BCUT2D eigenvalue weighted by Crippen LogP contribution is 2.29. The van der Waals surface area contributed by atoms with Crippen molar-refractivity contribution in [2.24, 2.45) is 5.92 Å². The highest BCUT2D eigenvalue weighted by Gasteiger charge is 2.19. The molecule has 0 amide bonds. The van der Waals surface area contributed by atoms with Crippen LogP contribution in [0.4, 0.5) is 10.1 Å². The van der Waals surface area contributed by atoms with Gasteiger partial charge in [-0.2, -0.15) is 0 Å². The predicted octanol–water partition coefficient (Wildman–Crippen LogP) is 2.25. The fraction of sp³-hybridized carbons (Fsp3) is 0.462. The van der Waals surface area contributed by atoms with Crippen LogP contribution in [0, 0.1) is 11.7 Å². The standard InChI is InChI=1S/C13H16FN5/c14-10-5-6-12(15)11(7-10)13-16-17-18-19(13)8-9-3-1-2-4-9/h5-7,9H,1-4,8,15H2. The van der Waals surface area contributed by atoms with E-state index in [1.54, 1.807) is 10.7 Å². The second kappa shape index (κ2) is 4.95. The van der Waals surface area contributed by atoms with Gasteiger partial charge in [0.25, 0.3) is 0 Å². The van der Waals surface area contributed by atoms with E-state index in [0.717, 1.165) is 6.54 Å². The molecule has 2 aromatic rings. The van der Waals surface area contributed by atoms with E-state index >= 15 is 0 Å². The monoisotopic (exact) mass is 261 g/mol. The van der Waals surface area contributed by atoms with Crippen LogP contribution in [0.3, 0.4) is 0 Å². The van der Waals surface area contributed by atoms with Gasteiger partial charge in [-0.1, -0.05) is 12.8 Å². The quantitative estimate of drug-likeness (QED) is 0.860. The Bertz CT molecular complexity index is 574. The van der Waals surface area contributed by atoms with Crippen LogP contribution in [0.25, 0.3) is 11.4 Å². The van der Waals surface area contributed by atoms with Gasteiger partial charge in [0.05, 0.1) is 0 Å². The fourth-order valence-corrected chi connectivity index (χ4v) is 2.68. The van der Waals surface area contributed by atoms with Crippen molar-refractivity contribution >= 4 is 5.69 Å². The number of halogens is 1. The van der Waals surface area contributed by atoms with E-state index in [9.17, 15) is 4.39 Å². The first-order valence-electron chi connectivity index (χ1n) is 6.55. The molecule has 0 unspecified atom stereocenters. The van der Waals surface area contributed by atoms with Gasteiger partial charge < -0.3 is 5.73 Å².